The molecule has 0 aliphatic heterocycles. The molecule has 3 heteroatoms. The minimum atomic E-state index is 0.621. The predicted octanol–water partition coefficient (Wildman–Crippen LogP) is 3.68. The van der Waals surface area contributed by atoms with Crippen LogP contribution in [0.5, 0.6) is 0 Å². The van der Waals surface area contributed by atoms with E-state index in [4.69, 9.17) is 11.6 Å². The molecule has 1 atom stereocenters. The first-order valence-corrected chi connectivity index (χ1v) is 7.18. The van der Waals surface area contributed by atoms with Gasteiger partial charge in [0.05, 0.1) is 10.5 Å². The van der Waals surface area contributed by atoms with Gasteiger partial charge in [-0.3, -0.25) is 0 Å². The van der Waals surface area contributed by atoms with Crippen molar-refractivity contribution in [3.63, 3.8) is 0 Å². The summed E-state index contributed by atoms with van der Waals surface area (Å²) in [6.45, 7) is 3.33. The van der Waals surface area contributed by atoms with Crippen LogP contribution in [-0.4, -0.2) is 17.6 Å². The SMILES string of the molecule is CCCNC1CCc2[nH]c3c(Cl)cccc3c2C1. The third-order valence-electron chi connectivity index (χ3n) is 3.86. The monoisotopic (exact) mass is 262 g/mol. The summed E-state index contributed by atoms with van der Waals surface area (Å²) in [4.78, 5) is 3.50. The summed E-state index contributed by atoms with van der Waals surface area (Å²) in [6.07, 6.45) is 4.66. The molecule has 1 aliphatic rings. The smallest absolute Gasteiger partial charge is 0.0648 e. The maximum Gasteiger partial charge on any atom is 0.0648 e. The van der Waals surface area contributed by atoms with Crippen molar-refractivity contribution < 1.29 is 0 Å². The van der Waals surface area contributed by atoms with Crippen molar-refractivity contribution in [2.24, 2.45) is 0 Å². The highest BCUT2D eigenvalue weighted by molar-refractivity contribution is 6.35. The molecular weight excluding hydrogens is 244 g/mol. The van der Waals surface area contributed by atoms with Crippen LogP contribution in [0.4, 0.5) is 0 Å². The highest BCUT2D eigenvalue weighted by atomic mass is 35.5. The van der Waals surface area contributed by atoms with E-state index in [0.29, 0.717) is 6.04 Å². The number of aromatic nitrogens is 1. The van der Waals surface area contributed by atoms with Crippen molar-refractivity contribution in [2.75, 3.05) is 6.54 Å². The van der Waals surface area contributed by atoms with Crippen molar-refractivity contribution in [1.82, 2.24) is 10.3 Å². The fraction of sp³-hybridized carbons (Fsp3) is 0.467. The largest absolute Gasteiger partial charge is 0.357 e. The number of nitrogens with one attached hydrogen (secondary N) is 2. The van der Waals surface area contributed by atoms with Crippen LogP contribution in [0.25, 0.3) is 10.9 Å². The fourth-order valence-corrected chi connectivity index (χ4v) is 3.15. The number of hydrogen-bond acceptors (Lipinski definition) is 1. The van der Waals surface area contributed by atoms with Gasteiger partial charge in [0.2, 0.25) is 0 Å². The molecule has 1 aliphatic carbocycles. The van der Waals surface area contributed by atoms with Crippen molar-refractivity contribution in [3.8, 4) is 0 Å². The van der Waals surface area contributed by atoms with Gasteiger partial charge in [-0.15, -0.1) is 0 Å². The number of aryl methyl sites for hydroxylation is 1. The molecule has 1 aromatic heterocycles. The zero-order valence-corrected chi connectivity index (χ0v) is 11.5. The molecule has 1 aromatic carbocycles. The number of H-pyrrole nitrogens is 1. The Morgan fingerprint density at radius 2 is 2.33 bits per heavy atom. The molecule has 0 amide bonds. The van der Waals surface area contributed by atoms with Gasteiger partial charge in [-0.05, 0) is 43.9 Å². The molecule has 0 spiro atoms. The molecule has 0 radical (unpaired) electrons. The number of halogens is 1. The number of para-hydroxylation sites is 1. The third-order valence-corrected chi connectivity index (χ3v) is 4.17. The average Bonchev–Trinajstić information content (AvgIpc) is 2.76. The van der Waals surface area contributed by atoms with Crippen LogP contribution in [0.2, 0.25) is 5.02 Å². The topological polar surface area (TPSA) is 27.8 Å². The van der Waals surface area contributed by atoms with Crippen molar-refractivity contribution >= 4 is 22.5 Å². The summed E-state index contributed by atoms with van der Waals surface area (Å²) < 4.78 is 0. The maximum absolute atomic E-state index is 6.25. The van der Waals surface area contributed by atoms with Crippen molar-refractivity contribution in [1.29, 1.82) is 0 Å². The lowest BCUT2D eigenvalue weighted by molar-refractivity contribution is 0.458. The van der Waals surface area contributed by atoms with E-state index in [2.05, 4.69) is 23.3 Å². The van der Waals surface area contributed by atoms with E-state index in [1.54, 1.807) is 0 Å². The van der Waals surface area contributed by atoms with Gasteiger partial charge in [-0.2, -0.15) is 0 Å². The molecule has 1 heterocycles. The fourth-order valence-electron chi connectivity index (χ4n) is 2.93. The van der Waals surface area contributed by atoms with Gasteiger partial charge in [-0.1, -0.05) is 30.7 Å². The third kappa shape index (κ3) is 2.04. The first-order valence-electron chi connectivity index (χ1n) is 6.81. The standard InChI is InChI=1S/C15H19ClN2/c1-2-8-17-10-6-7-14-12(9-10)11-4-3-5-13(16)15(11)18-14/h3-5,10,17-18H,2,6-9H2,1H3. The van der Waals surface area contributed by atoms with Gasteiger partial charge >= 0.3 is 0 Å². The Morgan fingerprint density at radius 1 is 1.44 bits per heavy atom. The first kappa shape index (κ1) is 12.1. The molecule has 0 bridgehead atoms. The minimum Gasteiger partial charge on any atom is -0.357 e. The van der Waals surface area contributed by atoms with Crippen LogP contribution in [-0.2, 0) is 12.8 Å². The van der Waals surface area contributed by atoms with Crippen LogP contribution >= 0.6 is 11.6 Å². The van der Waals surface area contributed by atoms with E-state index in [1.165, 1.54) is 29.5 Å². The second-order valence-corrected chi connectivity index (χ2v) is 5.55. The molecule has 2 nitrogen and oxygen atoms in total. The zero-order chi connectivity index (χ0) is 12.5. The lowest BCUT2D eigenvalue weighted by Crippen LogP contribution is -2.34. The molecule has 18 heavy (non-hydrogen) atoms. The van der Waals surface area contributed by atoms with Crippen LogP contribution < -0.4 is 5.32 Å². The molecule has 0 saturated carbocycles. The van der Waals surface area contributed by atoms with E-state index in [0.717, 1.165) is 29.9 Å². The Balaban J connectivity index is 1.94. The Kier molecular flexibility index (Phi) is 3.31. The maximum atomic E-state index is 6.25. The number of hydrogen-bond donors (Lipinski definition) is 2. The first-order chi connectivity index (χ1) is 8.79. The number of benzene rings is 1. The van der Waals surface area contributed by atoms with E-state index >= 15 is 0 Å². The van der Waals surface area contributed by atoms with Crippen LogP contribution in [0.1, 0.15) is 31.0 Å². The molecule has 2 N–H and O–H groups in total. The molecule has 3 rings (SSSR count). The quantitative estimate of drug-likeness (QED) is 0.868. The molecule has 2 aromatic rings. The van der Waals surface area contributed by atoms with E-state index in [1.807, 2.05) is 12.1 Å². The highest BCUT2D eigenvalue weighted by Gasteiger charge is 2.22. The lowest BCUT2D eigenvalue weighted by atomic mass is 9.91. The Morgan fingerprint density at radius 3 is 3.17 bits per heavy atom. The summed E-state index contributed by atoms with van der Waals surface area (Å²) in [5.41, 5.74) is 3.96. The van der Waals surface area contributed by atoms with Gasteiger partial charge in [0.1, 0.15) is 0 Å². The average molecular weight is 263 g/mol. The van der Waals surface area contributed by atoms with Crippen LogP contribution in [0, 0.1) is 0 Å². The second-order valence-electron chi connectivity index (χ2n) is 5.14. The van der Waals surface area contributed by atoms with Gasteiger partial charge in [-0.25, -0.2) is 0 Å². The van der Waals surface area contributed by atoms with Gasteiger partial charge in [0.15, 0.2) is 0 Å². The highest BCUT2D eigenvalue weighted by Crippen LogP contribution is 2.32. The number of fused-ring (bicyclic) bond motifs is 3. The van der Waals surface area contributed by atoms with E-state index in [-0.39, 0.29) is 0 Å². The van der Waals surface area contributed by atoms with Gasteiger partial charge in [0, 0.05) is 17.1 Å². The van der Waals surface area contributed by atoms with Crippen molar-refractivity contribution in [3.05, 3.63) is 34.5 Å². The summed E-state index contributed by atoms with van der Waals surface area (Å²) in [5, 5.41) is 5.77. The molecule has 0 saturated heterocycles. The Hall–Kier alpha value is -0.990. The van der Waals surface area contributed by atoms with Crippen molar-refractivity contribution in [2.45, 2.75) is 38.6 Å². The van der Waals surface area contributed by atoms with Crippen LogP contribution in [0.3, 0.4) is 0 Å². The van der Waals surface area contributed by atoms with E-state index < -0.39 is 0 Å². The normalized spacial score (nSPS) is 19.1. The Labute approximate surface area is 113 Å². The number of rotatable bonds is 3. The molecule has 0 fully saturated rings. The predicted molar refractivity (Wildman–Crippen MR) is 77.4 cm³/mol. The Bertz CT molecular complexity index is 559. The summed E-state index contributed by atoms with van der Waals surface area (Å²) >= 11 is 6.25. The second kappa shape index (κ2) is 4.94. The molecule has 1 unspecified atom stereocenters. The van der Waals surface area contributed by atoms with E-state index in [9.17, 15) is 0 Å². The van der Waals surface area contributed by atoms with Gasteiger partial charge in [0.25, 0.3) is 0 Å². The zero-order valence-electron chi connectivity index (χ0n) is 10.7. The summed E-state index contributed by atoms with van der Waals surface area (Å²) in [7, 11) is 0. The molecular formula is C15H19ClN2. The number of aromatic amines is 1. The van der Waals surface area contributed by atoms with Crippen LogP contribution in [0.15, 0.2) is 18.2 Å². The molecule has 96 valence electrons. The van der Waals surface area contributed by atoms with Gasteiger partial charge < -0.3 is 10.3 Å². The summed E-state index contributed by atoms with van der Waals surface area (Å²) in [5.74, 6) is 0. The lowest BCUT2D eigenvalue weighted by Gasteiger charge is -2.23. The summed E-state index contributed by atoms with van der Waals surface area (Å²) in [6, 6.07) is 6.80. The minimum absolute atomic E-state index is 0.621.